The van der Waals surface area contributed by atoms with E-state index in [0.29, 0.717) is 0 Å². The molecule has 2 aromatic carbocycles. The first-order chi connectivity index (χ1) is 11.8. The van der Waals surface area contributed by atoms with Gasteiger partial charge in [0.25, 0.3) is 0 Å². The molecule has 24 heavy (non-hydrogen) atoms. The van der Waals surface area contributed by atoms with Gasteiger partial charge in [0, 0.05) is 0 Å². The minimum absolute atomic E-state index is 0.768. The largest absolute Gasteiger partial charge is 0.192 e. The average Bonchev–Trinajstić information content (AvgIpc) is 2.97. The fraction of sp³-hybridized carbons (Fsp3) is 0.435. The van der Waals surface area contributed by atoms with Crippen molar-refractivity contribution in [3.8, 4) is 17.2 Å². The predicted octanol–water partition coefficient (Wildman–Crippen LogP) is 6.42. The Bertz CT molecular complexity index is 736. The number of rotatable bonds is 8. The highest BCUT2D eigenvalue weighted by Gasteiger charge is 2.18. The van der Waals surface area contributed by atoms with E-state index in [0.717, 1.165) is 12.0 Å². The van der Waals surface area contributed by atoms with Gasteiger partial charge in [-0.2, -0.15) is 5.26 Å². The Labute approximate surface area is 146 Å². The lowest BCUT2D eigenvalue weighted by atomic mass is 9.99. The third-order valence-corrected chi connectivity index (χ3v) is 5.14. The molecule has 1 heteroatoms. The summed E-state index contributed by atoms with van der Waals surface area (Å²) in [5.41, 5.74) is 7.64. The normalized spacial score (nSPS) is 11.8. The molecule has 1 aliphatic rings. The van der Waals surface area contributed by atoms with Crippen LogP contribution in [0, 0.1) is 11.3 Å². The van der Waals surface area contributed by atoms with Gasteiger partial charge in [-0.25, -0.2) is 0 Å². The van der Waals surface area contributed by atoms with E-state index in [1.807, 2.05) is 12.1 Å². The van der Waals surface area contributed by atoms with Gasteiger partial charge >= 0.3 is 0 Å². The van der Waals surface area contributed by atoms with E-state index in [4.69, 9.17) is 5.26 Å². The van der Waals surface area contributed by atoms with Crippen LogP contribution in [0.5, 0.6) is 0 Å². The summed E-state index contributed by atoms with van der Waals surface area (Å²) in [4.78, 5) is 0. The van der Waals surface area contributed by atoms with Crippen LogP contribution in [0.25, 0.3) is 11.1 Å². The highest BCUT2D eigenvalue weighted by molar-refractivity contribution is 5.77. The number of hydrogen-bond donors (Lipinski definition) is 0. The van der Waals surface area contributed by atoms with Gasteiger partial charge in [0.1, 0.15) is 0 Å². The Balaban J connectivity index is 1.55. The van der Waals surface area contributed by atoms with Crippen molar-refractivity contribution in [2.45, 2.75) is 64.7 Å². The lowest BCUT2D eigenvalue weighted by Crippen LogP contribution is -1.89. The monoisotopic (exact) mass is 317 g/mol. The zero-order valence-corrected chi connectivity index (χ0v) is 14.8. The lowest BCUT2D eigenvalue weighted by molar-refractivity contribution is 0.589. The molecule has 0 atom stereocenters. The van der Waals surface area contributed by atoms with E-state index in [1.165, 1.54) is 79.2 Å². The van der Waals surface area contributed by atoms with Gasteiger partial charge < -0.3 is 0 Å². The average molecular weight is 317 g/mol. The molecule has 3 rings (SSSR count). The van der Waals surface area contributed by atoms with Gasteiger partial charge in [-0.05, 0) is 59.2 Å². The van der Waals surface area contributed by atoms with Crippen LogP contribution in [0.1, 0.15) is 74.1 Å². The van der Waals surface area contributed by atoms with Crippen LogP contribution < -0.4 is 0 Å². The summed E-state index contributed by atoms with van der Waals surface area (Å²) < 4.78 is 0. The van der Waals surface area contributed by atoms with E-state index >= 15 is 0 Å². The zero-order chi connectivity index (χ0) is 16.8. The van der Waals surface area contributed by atoms with Crippen LogP contribution in [0.15, 0.2) is 36.4 Å². The molecule has 0 unspecified atom stereocenters. The highest BCUT2D eigenvalue weighted by Crippen LogP contribution is 2.37. The maximum Gasteiger partial charge on any atom is 0.0991 e. The maximum absolute atomic E-state index is 9.07. The molecule has 1 aliphatic carbocycles. The number of nitriles is 1. The predicted molar refractivity (Wildman–Crippen MR) is 101 cm³/mol. The second kappa shape index (κ2) is 8.15. The number of unbranched alkanes of at least 4 members (excludes halogenated alkanes) is 6. The van der Waals surface area contributed by atoms with Crippen molar-refractivity contribution in [1.82, 2.24) is 0 Å². The summed E-state index contributed by atoms with van der Waals surface area (Å²) in [6, 6.07) is 15.3. The molecule has 0 bridgehead atoms. The summed E-state index contributed by atoms with van der Waals surface area (Å²) in [5.74, 6) is 0. The number of fused-ring (bicyclic) bond motifs is 3. The van der Waals surface area contributed by atoms with Gasteiger partial charge in [0.05, 0.1) is 11.6 Å². The number of aryl methyl sites for hydroxylation is 1. The first-order valence-corrected chi connectivity index (χ1v) is 9.47. The van der Waals surface area contributed by atoms with Crippen LogP contribution in [0.3, 0.4) is 0 Å². The highest BCUT2D eigenvalue weighted by atomic mass is 14.3. The number of nitrogens with zero attached hydrogens (tertiary/aromatic N) is 1. The van der Waals surface area contributed by atoms with Gasteiger partial charge in [-0.15, -0.1) is 0 Å². The maximum atomic E-state index is 9.07. The van der Waals surface area contributed by atoms with E-state index in [1.54, 1.807) is 0 Å². The second-order valence-electron chi connectivity index (χ2n) is 7.02. The molecule has 1 nitrogen and oxygen atoms in total. The summed E-state index contributed by atoms with van der Waals surface area (Å²) in [5, 5.41) is 9.07. The summed E-state index contributed by atoms with van der Waals surface area (Å²) in [6.07, 6.45) is 11.7. The molecule has 0 saturated carbocycles. The van der Waals surface area contributed by atoms with Crippen molar-refractivity contribution in [3.05, 3.63) is 58.7 Å². The SMILES string of the molecule is CCCCCCCCCc1ccc2c(c1)Cc1cc(C#N)ccc1-2. The van der Waals surface area contributed by atoms with Crippen molar-refractivity contribution in [2.24, 2.45) is 0 Å². The van der Waals surface area contributed by atoms with Crippen molar-refractivity contribution < 1.29 is 0 Å². The topological polar surface area (TPSA) is 23.8 Å². The van der Waals surface area contributed by atoms with Crippen LogP contribution in [0.2, 0.25) is 0 Å². The van der Waals surface area contributed by atoms with E-state index in [-0.39, 0.29) is 0 Å². The molecular formula is C23H27N. The zero-order valence-electron chi connectivity index (χ0n) is 14.8. The van der Waals surface area contributed by atoms with E-state index in [2.05, 4.69) is 37.3 Å². The molecule has 0 aromatic heterocycles. The Hall–Kier alpha value is -2.07. The van der Waals surface area contributed by atoms with Gasteiger partial charge in [-0.1, -0.05) is 69.7 Å². The van der Waals surface area contributed by atoms with Crippen molar-refractivity contribution in [2.75, 3.05) is 0 Å². The fourth-order valence-electron chi connectivity index (χ4n) is 3.78. The van der Waals surface area contributed by atoms with Crippen LogP contribution in [0.4, 0.5) is 0 Å². The molecule has 0 aliphatic heterocycles. The Morgan fingerprint density at radius 3 is 2.25 bits per heavy atom. The number of benzene rings is 2. The molecule has 0 heterocycles. The molecular weight excluding hydrogens is 290 g/mol. The van der Waals surface area contributed by atoms with Gasteiger partial charge in [0.2, 0.25) is 0 Å². The van der Waals surface area contributed by atoms with E-state index in [9.17, 15) is 0 Å². The minimum Gasteiger partial charge on any atom is -0.192 e. The molecule has 0 amide bonds. The molecule has 0 radical (unpaired) electrons. The smallest absolute Gasteiger partial charge is 0.0991 e. The molecule has 124 valence electrons. The van der Waals surface area contributed by atoms with Gasteiger partial charge in [-0.3, -0.25) is 0 Å². The fourth-order valence-corrected chi connectivity index (χ4v) is 3.78. The minimum atomic E-state index is 0.768. The standard InChI is InChI=1S/C23H27N/c1-2-3-4-5-6-7-8-9-18-10-12-22-20(14-18)16-21-15-19(17-24)11-13-23(21)22/h10-15H,2-9,16H2,1H3. The number of hydrogen-bond acceptors (Lipinski definition) is 1. The van der Waals surface area contributed by atoms with Crippen LogP contribution in [-0.2, 0) is 12.8 Å². The third kappa shape index (κ3) is 3.88. The first kappa shape index (κ1) is 16.8. The Morgan fingerprint density at radius 1 is 0.833 bits per heavy atom. The summed E-state index contributed by atoms with van der Waals surface area (Å²) in [6.45, 7) is 2.27. The van der Waals surface area contributed by atoms with Crippen LogP contribution in [-0.4, -0.2) is 0 Å². The molecule has 2 aromatic rings. The third-order valence-electron chi connectivity index (χ3n) is 5.14. The molecule has 0 N–H and O–H groups in total. The Kier molecular flexibility index (Phi) is 5.70. The lowest BCUT2D eigenvalue weighted by Gasteiger charge is -2.06. The van der Waals surface area contributed by atoms with Crippen molar-refractivity contribution in [3.63, 3.8) is 0 Å². The quantitative estimate of drug-likeness (QED) is 0.440. The van der Waals surface area contributed by atoms with Crippen molar-refractivity contribution >= 4 is 0 Å². The first-order valence-electron chi connectivity index (χ1n) is 9.47. The van der Waals surface area contributed by atoms with E-state index < -0.39 is 0 Å². The van der Waals surface area contributed by atoms with Crippen LogP contribution >= 0.6 is 0 Å². The summed E-state index contributed by atoms with van der Waals surface area (Å²) in [7, 11) is 0. The van der Waals surface area contributed by atoms with Gasteiger partial charge in [0.15, 0.2) is 0 Å². The molecule has 0 saturated heterocycles. The second-order valence-corrected chi connectivity index (χ2v) is 7.02. The van der Waals surface area contributed by atoms with Crippen molar-refractivity contribution in [1.29, 1.82) is 5.26 Å². The summed E-state index contributed by atoms with van der Waals surface area (Å²) >= 11 is 0. The molecule has 0 fully saturated rings. The molecule has 0 spiro atoms. The Morgan fingerprint density at radius 2 is 1.50 bits per heavy atom.